The van der Waals surface area contributed by atoms with Crippen molar-refractivity contribution < 1.29 is 39.6 Å². The minimum Gasteiger partial charge on any atom is -0.480 e. The molecule has 2 unspecified atom stereocenters. The van der Waals surface area contributed by atoms with E-state index in [4.69, 9.17) is 0 Å². The number of nitrogens with zero attached hydrogens (tertiary/aromatic N) is 4. The molecule has 2 atom stereocenters. The van der Waals surface area contributed by atoms with Crippen molar-refractivity contribution in [3.8, 4) is 0 Å². The van der Waals surface area contributed by atoms with Gasteiger partial charge in [0.25, 0.3) is 0 Å². The van der Waals surface area contributed by atoms with Crippen molar-refractivity contribution in [1.29, 1.82) is 0 Å². The lowest BCUT2D eigenvalue weighted by Crippen LogP contribution is -2.58. The van der Waals surface area contributed by atoms with E-state index in [2.05, 4.69) is 0 Å². The Bertz CT molecular complexity index is 658. The minimum absolute atomic E-state index is 0.234. The first kappa shape index (κ1) is 25.7. The van der Waals surface area contributed by atoms with Crippen molar-refractivity contribution in [3.63, 3.8) is 0 Å². The standard InChI is InChI=1S/C20H32N4O8/c25-17(26)11-21-5-6-22(12-18(27)28)8-10-24(14-20(31)32)16-4-2-1-3-15(16)23(9-7-21)13-19(29)30/h1-2,15-16H,3-14H2,(H,25,26)(H,27,28)(H,29,30)(H,31,32). The van der Waals surface area contributed by atoms with Crippen molar-refractivity contribution >= 4 is 23.9 Å². The van der Waals surface area contributed by atoms with Crippen LogP contribution in [0.15, 0.2) is 12.2 Å². The van der Waals surface area contributed by atoms with Crippen LogP contribution in [-0.4, -0.2) is 141 Å². The number of aliphatic carboxylic acids is 4. The number of hydrogen-bond acceptors (Lipinski definition) is 8. The molecule has 4 N–H and O–H groups in total. The second kappa shape index (κ2) is 12.5. The van der Waals surface area contributed by atoms with Crippen LogP contribution in [0.4, 0.5) is 0 Å². The quantitative estimate of drug-likeness (QED) is 0.318. The lowest BCUT2D eigenvalue weighted by molar-refractivity contribution is -0.143. The number of fused-ring (bicyclic) bond motifs is 1. The van der Waals surface area contributed by atoms with E-state index in [0.29, 0.717) is 52.1 Å². The average Bonchev–Trinajstić information content (AvgIpc) is 2.69. The number of carbonyl (C=O) groups is 4. The van der Waals surface area contributed by atoms with Gasteiger partial charge in [-0.05, 0) is 12.8 Å². The van der Waals surface area contributed by atoms with Crippen LogP contribution >= 0.6 is 0 Å². The molecule has 1 saturated heterocycles. The number of carboxylic acid groups (broad SMARTS) is 4. The van der Waals surface area contributed by atoms with Gasteiger partial charge in [0.05, 0.1) is 26.2 Å². The fraction of sp³-hybridized carbons (Fsp3) is 0.700. The van der Waals surface area contributed by atoms with Gasteiger partial charge in [-0.15, -0.1) is 0 Å². The summed E-state index contributed by atoms with van der Waals surface area (Å²) in [7, 11) is 0. The van der Waals surface area contributed by atoms with Gasteiger partial charge in [-0.1, -0.05) is 12.2 Å². The van der Waals surface area contributed by atoms with Crippen LogP contribution in [0.2, 0.25) is 0 Å². The van der Waals surface area contributed by atoms with Crippen molar-refractivity contribution in [1.82, 2.24) is 19.6 Å². The number of carboxylic acids is 4. The molecule has 180 valence electrons. The maximum Gasteiger partial charge on any atom is 0.317 e. The third-order valence-electron chi connectivity index (χ3n) is 5.84. The second-order valence-electron chi connectivity index (χ2n) is 8.15. The Morgan fingerprint density at radius 1 is 0.562 bits per heavy atom. The Hall–Kier alpha value is -2.54. The van der Waals surface area contributed by atoms with Crippen LogP contribution in [0.5, 0.6) is 0 Å². The lowest BCUT2D eigenvalue weighted by Gasteiger charge is -2.44. The topological polar surface area (TPSA) is 162 Å². The molecule has 0 saturated carbocycles. The summed E-state index contributed by atoms with van der Waals surface area (Å²) in [5.74, 6) is -4.05. The molecule has 0 amide bonds. The summed E-state index contributed by atoms with van der Waals surface area (Å²) in [5, 5.41) is 37.4. The third-order valence-corrected chi connectivity index (χ3v) is 5.84. The van der Waals surface area contributed by atoms with E-state index in [1.54, 1.807) is 19.6 Å². The molecule has 12 nitrogen and oxygen atoms in total. The molecule has 12 heteroatoms. The molecule has 1 aliphatic heterocycles. The summed E-state index contributed by atoms with van der Waals surface area (Å²) in [4.78, 5) is 52.6. The smallest absolute Gasteiger partial charge is 0.317 e. The van der Waals surface area contributed by atoms with Crippen molar-refractivity contribution in [2.75, 3.05) is 65.4 Å². The van der Waals surface area contributed by atoms with E-state index < -0.39 is 23.9 Å². The first-order valence-electron chi connectivity index (χ1n) is 10.6. The van der Waals surface area contributed by atoms with Gasteiger partial charge in [0.1, 0.15) is 0 Å². The van der Waals surface area contributed by atoms with Crippen LogP contribution in [0.25, 0.3) is 0 Å². The van der Waals surface area contributed by atoms with Gasteiger partial charge in [0, 0.05) is 51.4 Å². The van der Waals surface area contributed by atoms with Gasteiger partial charge < -0.3 is 20.4 Å². The van der Waals surface area contributed by atoms with Crippen molar-refractivity contribution in [2.24, 2.45) is 0 Å². The molecule has 2 aliphatic rings. The van der Waals surface area contributed by atoms with Gasteiger partial charge in [-0.2, -0.15) is 0 Å². The predicted octanol–water partition coefficient (Wildman–Crippen LogP) is -1.37. The van der Waals surface area contributed by atoms with Crippen LogP contribution in [-0.2, 0) is 19.2 Å². The summed E-state index contributed by atoms with van der Waals surface area (Å²) in [6.45, 7) is 0.855. The minimum atomic E-state index is -1.02. The van der Waals surface area contributed by atoms with E-state index in [1.165, 1.54) is 0 Å². The zero-order valence-electron chi connectivity index (χ0n) is 18.0. The Kier molecular flexibility index (Phi) is 10.0. The lowest BCUT2D eigenvalue weighted by atomic mass is 9.92. The highest BCUT2D eigenvalue weighted by atomic mass is 16.4. The highest BCUT2D eigenvalue weighted by Gasteiger charge is 2.35. The maximum absolute atomic E-state index is 11.5. The molecule has 0 aromatic carbocycles. The highest BCUT2D eigenvalue weighted by molar-refractivity contribution is 5.70. The Labute approximate surface area is 186 Å². The molecule has 0 spiro atoms. The molecule has 0 aromatic heterocycles. The van der Waals surface area contributed by atoms with E-state index in [1.807, 2.05) is 12.2 Å². The molecule has 1 heterocycles. The molecule has 0 aromatic rings. The summed E-state index contributed by atoms with van der Waals surface area (Å²) in [6.07, 6.45) is 5.00. The Morgan fingerprint density at radius 2 is 0.875 bits per heavy atom. The average molecular weight is 456 g/mol. The third kappa shape index (κ3) is 8.54. The van der Waals surface area contributed by atoms with E-state index in [0.717, 1.165) is 0 Å². The molecule has 0 bridgehead atoms. The maximum atomic E-state index is 11.5. The van der Waals surface area contributed by atoms with Gasteiger partial charge >= 0.3 is 23.9 Å². The van der Waals surface area contributed by atoms with Gasteiger partial charge in [0.2, 0.25) is 0 Å². The van der Waals surface area contributed by atoms with Crippen LogP contribution in [0, 0.1) is 0 Å². The summed E-state index contributed by atoms with van der Waals surface area (Å²) >= 11 is 0. The summed E-state index contributed by atoms with van der Waals surface area (Å²) < 4.78 is 0. The largest absolute Gasteiger partial charge is 0.480 e. The van der Waals surface area contributed by atoms with Crippen molar-refractivity contribution in [2.45, 2.75) is 24.9 Å². The van der Waals surface area contributed by atoms with Crippen molar-refractivity contribution in [3.05, 3.63) is 12.2 Å². The summed E-state index contributed by atoms with van der Waals surface area (Å²) in [5.41, 5.74) is 0. The molecule has 0 radical (unpaired) electrons. The number of rotatable bonds is 8. The zero-order chi connectivity index (χ0) is 23.7. The predicted molar refractivity (Wildman–Crippen MR) is 113 cm³/mol. The van der Waals surface area contributed by atoms with Crippen LogP contribution < -0.4 is 0 Å². The SMILES string of the molecule is O=C(O)CN1CCN(CC(=O)O)CCN(CC(=O)O)C2CC=CCC2N(CC(=O)O)CC1. The molecule has 1 fully saturated rings. The Balaban J connectivity index is 2.34. The molecular formula is C20H32N4O8. The molecule has 1 aliphatic carbocycles. The van der Waals surface area contributed by atoms with Crippen LogP contribution in [0.3, 0.4) is 0 Å². The van der Waals surface area contributed by atoms with Gasteiger partial charge in [-0.3, -0.25) is 38.8 Å². The summed E-state index contributed by atoms with van der Waals surface area (Å²) in [6, 6.07) is -0.510. The van der Waals surface area contributed by atoms with E-state index in [-0.39, 0.29) is 38.3 Å². The fourth-order valence-corrected chi connectivity index (χ4v) is 4.39. The normalized spacial score (nSPS) is 24.8. The van der Waals surface area contributed by atoms with E-state index in [9.17, 15) is 39.6 Å². The molecule has 32 heavy (non-hydrogen) atoms. The van der Waals surface area contributed by atoms with Gasteiger partial charge in [0.15, 0.2) is 0 Å². The highest BCUT2D eigenvalue weighted by Crippen LogP contribution is 2.24. The first-order chi connectivity index (χ1) is 15.2. The number of hydrogen-bond donors (Lipinski definition) is 4. The van der Waals surface area contributed by atoms with Crippen LogP contribution in [0.1, 0.15) is 12.8 Å². The Morgan fingerprint density at radius 3 is 1.19 bits per heavy atom. The fourth-order valence-electron chi connectivity index (χ4n) is 4.39. The zero-order valence-corrected chi connectivity index (χ0v) is 18.0. The molecular weight excluding hydrogens is 424 g/mol. The first-order valence-corrected chi connectivity index (χ1v) is 10.6. The monoisotopic (exact) mass is 456 g/mol. The van der Waals surface area contributed by atoms with Gasteiger partial charge in [-0.25, -0.2) is 0 Å². The second-order valence-corrected chi connectivity index (χ2v) is 8.15. The van der Waals surface area contributed by atoms with E-state index >= 15 is 0 Å². The molecule has 2 rings (SSSR count).